The fourth-order valence-corrected chi connectivity index (χ4v) is 2.27. The molecular weight excluding hydrogens is 287 g/mol. The van der Waals surface area contributed by atoms with Crippen molar-refractivity contribution in [2.24, 2.45) is 0 Å². The van der Waals surface area contributed by atoms with E-state index in [2.05, 4.69) is 5.32 Å². The van der Waals surface area contributed by atoms with Gasteiger partial charge in [0, 0.05) is 11.1 Å². The minimum absolute atomic E-state index is 0.243. The van der Waals surface area contributed by atoms with Crippen LogP contribution in [0.5, 0.6) is 0 Å². The molecule has 0 radical (unpaired) electrons. The molecule has 0 amide bonds. The lowest BCUT2D eigenvalue weighted by molar-refractivity contribution is 0.501. The molecule has 0 aliphatic carbocycles. The fourth-order valence-electron chi connectivity index (χ4n) is 2.02. The Balaban J connectivity index is 2.26. The third-order valence-electron chi connectivity index (χ3n) is 3.13. The second-order valence-electron chi connectivity index (χ2n) is 4.45. The quantitative estimate of drug-likeness (QED) is 0.889. The lowest BCUT2D eigenvalue weighted by Gasteiger charge is -2.17. The van der Waals surface area contributed by atoms with E-state index in [1.165, 1.54) is 18.2 Å². The lowest BCUT2D eigenvalue weighted by Crippen LogP contribution is -2.19. The number of rotatable bonds is 4. The SMILES string of the molecule is CNC(Cc1ccc(F)cc1Cl)c1ccc(F)c(F)c1. The summed E-state index contributed by atoms with van der Waals surface area (Å²) < 4.78 is 39.2. The van der Waals surface area contributed by atoms with Gasteiger partial charge in [-0.05, 0) is 48.9 Å². The molecule has 0 bridgehead atoms. The van der Waals surface area contributed by atoms with E-state index in [0.29, 0.717) is 17.0 Å². The van der Waals surface area contributed by atoms with Crippen molar-refractivity contribution in [1.29, 1.82) is 0 Å². The summed E-state index contributed by atoms with van der Waals surface area (Å²) in [6, 6.07) is 7.63. The molecule has 0 saturated heterocycles. The summed E-state index contributed by atoms with van der Waals surface area (Å²) in [4.78, 5) is 0. The van der Waals surface area contributed by atoms with Gasteiger partial charge in [-0.2, -0.15) is 0 Å². The van der Waals surface area contributed by atoms with E-state index in [9.17, 15) is 13.2 Å². The maximum Gasteiger partial charge on any atom is 0.159 e. The number of halogens is 4. The van der Waals surface area contributed by atoms with Gasteiger partial charge >= 0.3 is 0 Å². The summed E-state index contributed by atoms with van der Waals surface area (Å²) in [6.45, 7) is 0. The van der Waals surface area contributed by atoms with Gasteiger partial charge in [0.25, 0.3) is 0 Å². The maximum atomic E-state index is 13.3. The standard InChI is InChI=1S/C15H13ClF3N/c1-20-15(10-3-5-13(18)14(19)6-10)7-9-2-4-11(17)8-12(9)16/h2-6,8,15,20H,7H2,1H3. The molecule has 2 rings (SSSR count). The van der Waals surface area contributed by atoms with E-state index in [4.69, 9.17) is 11.6 Å². The Labute approximate surface area is 120 Å². The van der Waals surface area contributed by atoms with Gasteiger partial charge in [0.05, 0.1) is 0 Å². The first-order valence-corrected chi connectivity index (χ1v) is 6.45. The Morgan fingerprint density at radius 3 is 2.40 bits per heavy atom. The van der Waals surface area contributed by atoms with Crippen LogP contribution in [0, 0.1) is 17.5 Å². The first kappa shape index (κ1) is 14.9. The summed E-state index contributed by atoms with van der Waals surface area (Å²) in [5.41, 5.74) is 1.34. The van der Waals surface area contributed by atoms with Crippen LogP contribution in [0.15, 0.2) is 36.4 Å². The van der Waals surface area contributed by atoms with Crippen molar-refractivity contribution in [1.82, 2.24) is 5.32 Å². The van der Waals surface area contributed by atoms with Crippen LogP contribution in [-0.2, 0) is 6.42 Å². The van der Waals surface area contributed by atoms with Crippen molar-refractivity contribution in [3.63, 3.8) is 0 Å². The maximum absolute atomic E-state index is 13.3. The minimum Gasteiger partial charge on any atom is -0.313 e. The van der Waals surface area contributed by atoms with Gasteiger partial charge in [0.15, 0.2) is 11.6 Å². The van der Waals surface area contributed by atoms with Crippen molar-refractivity contribution in [3.8, 4) is 0 Å². The van der Waals surface area contributed by atoms with E-state index in [0.717, 1.165) is 17.7 Å². The lowest BCUT2D eigenvalue weighted by atomic mass is 9.98. The van der Waals surface area contributed by atoms with Crippen molar-refractivity contribution in [2.45, 2.75) is 12.5 Å². The van der Waals surface area contributed by atoms with Crippen LogP contribution in [0.2, 0.25) is 5.02 Å². The average molecular weight is 300 g/mol. The number of benzene rings is 2. The van der Waals surface area contributed by atoms with Crippen molar-refractivity contribution in [3.05, 3.63) is 70.0 Å². The van der Waals surface area contributed by atoms with Gasteiger partial charge in [-0.15, -0.1) is 0 Å². The molecule has 5 heteroatoms. The molecule has 0 aliphatic heterocycles. The molecule has 2 aromatic rings. The van der Waals surface area contributed by atoms with Crippen molar-refractivity contribution < 1.29 is 13.2 Å². The molecule has 1 unspecified atom stereocenters. The number of hydrogen-bond donors (Lipinski definition) is 1. The molecule has 0 aliphatic rings. The summed E-state index contributed by atoms with van der Waals surface area (Å²) >= 11 is 5.97. The summed E-state index contributed by atoms with van der Waals surface area (Å²) in [6.07, 6.45) is 0.445. The predicted octanol–water partition coefficient (Wildman–Crippen LogP) is 4.26. The largest absolute Gasteiger partial charge is 0.313 e. The van der Waals surface area contributed by atoms with Crippen molar-refractivity contribution >= 4 is 11.6 Å². The molecule has 2 aromatic carbocycles. The first-order valence-electron chi connectivity index (χ1n) is 6.07. The molecule has 1 nitrogen and oxygen atoms in total. The normalized spacial score (nSPS) is 12.4. The Kier molecular flexibility index (Phi) is 4.68. The highest BCUT2D eigenvalue weighted by atomic mass is 35.5. The number of nitrogens with one attached hydrogen (secondary N) is 1. The summed E-state index contributed by atoms with van der Waals surface area (Å²) in [7, 11) is 1.71. The molecule has 0 heterocycles. The highest BCUT2D eigenvalue weighted by molar-refractivity contribution is 6.31. The van der Waals surface area contributed by atoms with Crippen LogP contribution < -0.4 is 5.32 Å². The van der Waals surface area contributed by atoms with Crippen LogP contribution in [0.25, 0.3) is 0 Å². The second-order valence-corrected chi connectivity index (χ2v) is 4.86. The fraction of sp³-hybridized carbons (Fsp3) is 0.200. The zero-order valence-electron chi connectivity index (χ0n) is 10.8. The van der Waals surface area contributed by atoms with E-state index in [-0.39, 0.29) is 6.04 Å². The Morgan fingerprint density at radius 1 is 1.05 bits per heavy atom. The third kappa shape index (κ3) is 3.32. The van der Waals surface area contributed by atoms with Crippen LogP contribution in [-0.4, -0.2) is 7.05 Å². The Bertz CT molecular complexity index is 616. The minimum atomic E-state index is -0.895. The van der Waals surface area contributed by atoms with E-state index in [1.54, 1.807) is 13.1 Å². The predicted molar refractivity (Wildman–Crippen MR) is 73.3 cm³/mol. The number of likely N-dealkylation sites (N-methyl/N-ethyl adjacent to an activating group) is 1. The molecule has 1 atom stereocenters. The third-order valence-corrected chi connectivity index (χ3v) is 3.49. The van der Waals surface area contributed by atoms with Crippen molar-refractivity contribution in [2.75, 3.05) is 7.05 Å². The molecule has 20 heavy (non-hydrogen) atoms. The molecule has 0 aromatic heterocycles. The molecule has 1 N–H and O–H groups in total. The average Bonchev–Trinajstić information content (AvgIpc) is 2.41. The second kappa shape index (κ2) is 6.29. The molecule has 0 saturated carbocycles. The molecule has 0 fully saturated rings. The van der Waals surface area contributed by atoms with Gasteiger partial charge < -0.3 is 5.32 Å². The highest BCUT2D eigenvalue weighted by Crippen LogP contribution is 2.25. The van der Waals surface area contributed by atoms with Gasteiger partial charge in [0.2, 0.25) is 0 Å². The van der Waals surface area contributed by atoms with E-state index in [1.807, 2.05) is 0 Å². The Morgan fingerprint density at radius 2 is 1.80 bits per heavy atom. The zero-order valence-corrected chi connectivity index (χ0v) is 11.5. The Hall–Kier alpha value is -1.52. The monoisotopic (exact) mass is 299 g/mol. The van der Waals surface area contributed by atoms with Gasteiger partial charge in [-0.3, -0.25) is 0 Å². The first-order chi connectivity index (χ1) is 9.51. The van der Waals surface area contributed by atoms with E-state index >= 15 is 0 Å². The van der Waals surface area contributed by atoms with Gasteiger partial charge in [0.1, 0.15) is 5.82 Å². The smallest absolute Gasteiger partial charge is 0.159 e. The molecular formula is C15H13ClF3N. The summed E-state index contributed by atoms with van der Waals surface area (Å²) in [5.74, 6) is -2.19. The zero-order chi connectivity index (χ0) is 14.7. The van der Waals surface area contributed by atoms with Gasteiger partial charge in [-0.25, -0.2) is 13.2 Å². The van der Waals surface area contributed by atoms with Crippen LogP contribution in [0.1, 0.15) is 17.2 Å². The van der Waals surface area contributed by atoms with Crippen LogP contribution in [0.4, 0.5) is 13.2 Å². The molecule has 0 spiro atoms. The van der Waals surface area contributed by atoms with Crippen LogP contribution >= 0.6 is 11.6 Å². The molecule has 106 valence electrons. The van der Waals surface area contributed by atoms with Gasteiger partial charge in [-0.1, -0.05) is 23.7 Å². The highest BCUT2D eigenvalue weighted by Gasteiger charge is 2.14. The van der Waals surface area contributed by atoms with E-state index < -0.39 is 17.5 Å². The number of hydrogen-bond acceptors (Lipinski definition) is 1. The summed E-state index contributed by atoms with van der Waals surface area (Å²) in [5, 5.41) is 3.33. The van der Waals surface area contributed by atoms with Crippen LogP contribution in [0.3, 0.4) is 0 Å². The topological polar surface area (TPSA) is 12.0 Å².